The molecular formula is C16H22N2O6. The number of hydrogen-bond acceptors (Lipinski definition) is 5. The van der Waals surface area contributed by atoms with Gasteiger partial charge in [-0.1, -0.05) is 13.8 Å². The first-order chi connectivity index (χ1) is 11.2. The number of carbonyl (C=O) groups excluding carboxylic acids is 2. The van der Waals surface area contributed by atoms with E-state index in [1.54, 1.807) is 0 Å². The van der Waals surface area contributed by atoms with Gasteiger partial charge in [-0.2, -0.15) is 0 Å². The van der Waals surface area contributed by atoms with Gasteiger partial charge in [0.05, 0.1) is 7.11 Å². The van der Waals surface area contributed by atoms with E-state index in [4.69, 9.17) is 15.2 Å². The predicted molar refractivity (Wildman–Crippen MR) is 86.0 cm³/mol. The fourth-order valence-electron chi connectivity index (χ4n) is 2.01. The minimum Gasteiger partial charge on any atom is -0.493 e. The summed E-state index contributed by atoms with van der Waals surface area (Å²) in [5.41, 5.74) is 5.22. The van der Waals surface area contributed by atoms with Crippen molar-refractivity contribution in [1.29, 1.82) is 0 Å². The lowest BCUT2D eigenvalue weighted by atomic mass is 10.0. The van der Waals surface area contributed by atoms with Crippen molar-refractivity contribution >= 4 is 17.8 Å². The van der Waals surface area contributed by atoms with Crippen LogP contribution in [0.1, 0.15) is 30.6 Å². The molecule has 8 nitrogen and oxygen atoms in total. The highest BCUT2D eigenvalue weighted by Crippen LogP contribution is 2.28. The number of carboxylic acid groups (broad SMARTS) is 1. The van der Waals surface area contributed by atoms with Crippen molar-refractivity contribution in [2.24, 2.45) is 11.7 Å². The number of hydrogen-bond donors (Lipinski definition) is 3. The van der Waals surface area contributed by atoms with E-state index in [1.165, 1.54) is 25.3 Å². The Labute approximate surface area is 139 Å². The lowest BCUT2D eigenvalue weighted by molar-refractivity contribution is -0.139. The molecule has 1 aromatic carbocycles. The minimum absolute atomic E-state index is 0.116. The van der Waals surface area contributed by atoms with Crippen LogP contribution in [0.5, 0.6) is 11.5 Å². The van der Waals surface area contributed by atoms with Crippen LogP contribution in [-0.4, -0.2) is 42.6 Å². The summed E-state index contributed by atoms with van der Waals surface area (Å²) in [6.45, 7) is 3.42. The first-order valence-electron chi connectivity index (χ1n) is 7.37. The predicted octanol–water partition coefficient (Wildman–Crippen LogP) is 0.788. The van der Waals surface area contributed by atoms with Crippen LogP contribution in [0.2, 0.25) is 0 Å². The van der Waals surface area contributed by atoms with Crippen molar-refractivity contribution in [3.05, 3.63) is 23.8 Å². The number of benzene rings is 1. The molecule has 24 heavy (non-hydrogen) atoms. The number of aliphatic carboxylic acids is 1. The maximum absolute atomic E-state index is 12.2. The summed E-state index contributed by atoms with van der Waals surface area (Å²) in [4.78, 5) is 34.2. The molecule has 1 atom stereocenters. The third-order valence-corrected chi connectivity index (χ3v) is 3.11. The highest BCUT2D eigenvalue weighted by atomic mass is 16.5. The summed E-state index contributed by atoms with van der Waals surface area (Å²) >= 11 is 0. The number of carboxylic acids is 1. The number of rotatable bonds is 9. The summed E-state index contributed by atoms with van der Waals surface area (Å²) in [5, 5.41) is 11.7. The van der Waals surface area contributed by atoms with Crippen LogP contribution in [0.3, 0.4) is 0 Å². The van der Waals surface area contributed by atoms with Gasteiger partial charge >= 0.3 is 5.97 Å². The fraction of sp³-hybridized carbons (Fsp3) is 0.438. The molecule has 0 aliphatic rings. The lowest BCUT2D eigenvalue weighted by Gasteiger charge is -2.17. The maximum Gasteiger partial charge on any atom is 0.326 e. The van der Waals surface area contributed by atoms with Gasteiger partial charge in [-0.25, -0.2) is 4.79 Å². The molecule has 132 valence electrons. The van der Waals surface area contributed by atoms with Gasteiger partial charge < -0.3 is 25.6 Å². The molecule has 0 heterocycles. The summed E-state index contributed by atoms with van der Waals surface area (Å²) in [6, 6.07) is 3.33. The van der Waals surface area contributed by atoms with Gasteiger partial charge in [0.25, 0.3) is 11.8 Å². The first-order valence-corrected chi connectivity index (χ1v) is 7.37. The van der Waals surface area contributed by atoms with E-state index in [2.05, 4.69) is 5.32 Å². The van der Waals surface area contributed by atoms with E-state index in [-0.39, 0.29) is 29.6 Å². The molecule has 0 unspecified atom stereocenters. The monoisotopic (exact) mass is 338 g/mol. The van der Waals surface area contributed by atoms with Gasteiger partial charge in [0.1, 0.15) is 6.04 Å². The summed E-state index contributed by atoms with van der Waals surface area (Å²) in [7, 11) is 1.38. The summed E-state index contributed by atoms with van der Waals surface area (Å²) in [5.74, 6) is -1.67. The largest absolute Gasteiger partial charge is 0.493 e. The van der Waals surface area contributed by atoms with Crippen molar-refractivity contribution in [2.75, 3.05) is 13.7 Å². The third kappa shape index (κ3) is 5.79. The van der Waals surface area contributed by atoms with Gasteiger partial charge in [0, 0.05) is 5.56 Å². The molecule has 1 rings (SSSR count). The minimum atomic E-state index is -1.09. The van der Waals surface area contributed by atoms with Gasteiger partial charge in [0.2, 0.25) is 0 Å². The Hall–Kier alpha value is -2.77. The molecule has 0 saturated carbocycles. The van der Waals surface area contributed by atoms with Crippen LogP contribution in [0, 0.1) is 5.92 Å². The maximum atomic E-state index is 12.2. The Morgan fingerprint density at radius 1 is 1.25 bits per heavy atom. The highest BCUT2D eigenvalue weighted by molar-refractivity contribution is 5.97. The van der Waals surface area contributed by atoms with E-state index in [0.29, 0.717) is 6.42 Å². The van der Waals surface area contributed by atoms with Crippen molar-refractivity contribution in [3.8, 4) is 11.5 Å². The molecule has 0 aliphatic heterocycles. The number of carbonyl (C=O) groups is 3. The number of ether oxygens (including phenoxy) is 2. The molecule has 4 N–H and O–H groups in total. The third-order valence-electron chi connectivity index (χ3n) is 3.11. The Bertz CT molecular complexity index is 615. The Morgan fingerprint density at radius 3 is 2.42 bits per heavy atom. The molecule has 0 bridgehead atoms. The van der Waals surface area contributed by atoms with Gasteiger partial charge in [0.15, 0.2) is 18.1 Å². The Kier molecular flexibility index (Phi) is 7.03. The van der Waals surface area contributed by atoms with Crippen LogP contribution in [-0.2, 0) is 9.59 Å². The summed E-state index contributed by atoms with van der Waals surface area (Å²) in [6.07, 6.45) is 0.317. The number of amides is 2. The molecule has 0 spiro atoms. The fourth-order valence-corrected chi connectivity index (χ4v) is 2.01. The van der Waals surface area contributed by atoms with E-state index in [9.17, 15) is 19.5 Å². The van der Waals surface area contributed by atoms with Crippen molar-refractivity contribution < 1.29 is 29.0 Å². The molecule has 0 saturated heterocycles. The molecule has 1 aromatic rings. The average molecular weight is 338 g/mol. The second-order valence-electron chi connectivity index (χ2n) is 5.61. The summed E-state index contributed by atoms with van der Waals surface area (Å²) < 4.78 is 10.3. The quantitative estimate of drug-likeness (QED) is 0.610. The zero-order chi connectivity index (χ0) is 18.3. The zero-order valence-corrected chi connectivity index (χ0v) is 13.9. The molecule has 0 fully saturated rings. The van der Waals surface area contributed by atoms with Crippen molar-refractivity contribution in [3.63, 3.8) is 0 Å². The smallest absolute Gasteiger partial charge is 0.326 e. The van der Waals surface area contributed by atoms with Gasteiger partial charge in [-0.15, -0.1) is 0 Å². The second kappa shape index (κ2) is 8.76. The van der Waals surface area contributed by atoms with Crippen LogP contribution in [0.15, 0.2) is 18.2 Å². The normalized spacial score (nSPS) is 11.7. The van der Waals surface area contributed by atoms with E-state index in [1.807, 2.05) is 13.8 Å². The number of primary amides is 1. The lowest BCUT2D eigenvalue weighted by Crippen LogP contribution is -2.41. The van der Waals surface area contributed by atoms with Crippen molar-refractivity contribution in [2.45, 2.75) is 26.3 Å². The van der Waals surface area contributed by atoms with E-state index < -0.39 is 23.8 Å². The zero-order valence-electron chi connectivity index (χ0n) is 13.9. The number of methoxy groups -OCH3 is 1. The first kappa shape index (κ1) is 19.3. The van der Waals surface area contributed by atoms with Crippen LogP contribution >= 0.6 is 0 Å². The van der Waals surface area contributed by atoms with Gasteiger partial charge in [-0.05, 0) is 30.5 Å². The Balaban J connectivity index is 2.90. The van der Waals surface area contributed by atoms with Gasteiger partial charge in [-0.3, -0.25) is 9.59 Å². The number of nitrogens with one attached hydrogen (secondary N) is 1. The van der Waals surface area contributed by atoms with E-state index in [0.717, 1.165) is 0 Å². The topological polar surface area (TPSA) is 128 Å². The van der Waals surface area contributed by atoms with Crippen LogP contribution in [0.4, 0.5) is 0 Å². The standard InChI is InChI=1S/C16H22N2O6/c1-9(2)6-11(16(21)22)18-15(20)10-4-5-12(13(7-10)23-3)24-8-14(17)19/h4-5,7,9,11H,6,8H2,1-3H3,(H2,17,19)(H,18,20)(H,21,22)/t11-/m1/s1. The SMILES string of the molecule is COc1cc(C(=O)N[C@H](CC(C)C)C(=O)O)ccc1OCC(N)=O. The van der Waals surface area contributed by atoms with Crippen molar-refractivity contribution in [1.82, 2.24) is 5.32 Å². The molecule has 0 aliphatic carbocycles. The highest BCUT2D eigenvalue weighted by Gasteiger charge is 2.22. The Morgan fingerprint density at radius 2 is 1.92 bits per heavy atom. The molecule has 0 aromatic heterocycles. The molecule has 8 heteroatoms. The van der Waals surface area contributed by atoms with Crippen LogP contribution in [0.25, 0.3) is 0 Å². The molecule has 2 amide bonds. The number of nitrogens with two attached hydrogens (primary N) is 1. The second-order valence-corrected chi connectivity index (χ2v) is 5.61. The molecule has 0 radical (unpaired) electrons. The van der Waals surface area contributed by atoms with Crippen LogP contribution < -0.4 is 20.5 Å². The molecular weight excluding hydrogens is 316 g/mol. The average Bonchev–Trinajstić information content (AvgIpc) is 2.51. The van der Waals surface area contributed by atoms with E-state index >= 15 is 0 Å².